The maximum Gasteiger partial charge on any atom is 0.282 e. The Balaban J connectivity index is 1.21. The molecule has 0 spiro atoms. The normalized spacial score (nSPS) is 19.0. The van der Waals surface area contributed by atoms with E-state index in [0.29, 0.717) is 63.7 Å². The number of methoxy groups -OCH3 is 1. The molecule has 5 rings (SSSR count). The number of halogens is 4. The number of aromatic nitrogens is 3. The highest BCUT2D eigenvalue weighted by molar-refractivity contribution is 7.10. The first-order valence-electron chi connectivity index (χ1n) is 13.1. The van der Waals surface area contributed by atoms with Crippen molar-refractivity contribution in [1.82, 2.24) is 19.7 Å². The van der Waals surface area contributed by atoms with Crippen molar-refractivity contribution in [3.63, 3.8) is 0 Å². The zero-order valence-electron chi connectivity index (χ0n) is 22.2. The van der Waals surface area contributed by atoms with Gasteiger partial charge in [0.2, 0.25) is 0 Å². The van der Waals surface area contributed by atoms with Gasteiger partial charge in [0.1, 0.15) is 29.5 Å². The second-order valence-electron chi connectivity index (χ2n) is 9.69. The van der Waals surface area contributed by atoms with Crippen LogP contribution < -0.4 is 4.74 Å². The quantitative estimate of drug-likeness (QED) is 0.151. The number of ether oxygens (including phenoxy) is 2. The van der Waals surface area contributed by atoms with Gasteiger partial charge in [-0.05, 0) is 25.0 Å². The second-order valence-corrected chi connectivity index (χ2v) is 10.6. The molecule has 0 radical (unpaired) electrons. The van der Waals surface area contributed by atoms with Crippen molar-refractivity contribution in [2.75, 3.05) is 33.4 Å². The fraction of sp³-hybridized carbons (Fsp3) is 0.481. The number of carbonyl (C=O) groups is 1. The van der Waals surface area contributed by atoms with Crippen LogP contribution in [0.2, 0.25) is 0 Å². The van der Waals surface area contributed by atoms with Gasteiger partial charge >= 0.3 is 0 Å². The number of hydrogen-bond donors (Lipinski definition) is 0. The third-order valence-electron chi connectivity index (χ3n) is 7.15. The van der Waals surface area contributed by atoms with Crippen LogP contribution in [0.25, 0.3) is 0 Å². The van der Waals surface area contributed by atoms with E-state index in [9.17, 15) is 22.4 Å². The number of aldehydes is 1. The average molecular weight is 596 g/mol. The summed E-state index contributed by atoms with van der Waals surface area (Å²) < 4.78 is 64.9. The Morgan fingerprint density at radius 2 is 1.93 bits per heavy atom. The predicted octanol–water partition coefficient (Wildman–Crippen LogP) is 5.68. The predicted molar refractivity (Wildman–Crippen MR) is 142 cm³/mol. The summed E-state index contributed by atoms with van der Waals surface area (Å²) in [6, 6.07) is 8.29. The number of para-hydroxylation sites is 1. The molecular formula is C27H29F4N5O4S. The van der Waals surface area contributed by atoms with Crippen LogP contribution in [0.3, 0.4) is 0 Å². The molecule has 9 nitrogen and oxygen atoms in total. The van der Waals surface area contributed by atoms with Crippen molar-refractivity contribution in [1.29, 1.82) is 0 Å². The van der Waals surface area contributed by atoms with Crippen LogP contribution in [-0.4, -0.2) is 65.1 Å². The number of alkyl halides is 4. The highest BCUT2D eigenvalue weighted by Gasteiger charge is 2.33. The maximum atomic E-state index is 13.5. The minimum atomic E-state index is -3.04. The number of nitrogens with zero attached hydrogens (tertiary/aromatic N) is 5. The number of rotatable bonds is 12. The summed E-state index contributed by atoms with van der Waals surface area (Å²) in [5, 5.41) is 10.7. The Morgan fingerprint density at radius 3 is 2.63 bits per heavy atom. The first kappa shape index (κ1) is 29.1. The summed E-state index contributed by atoms with van der Waals surface area (Å²) in [5.74, 6) is 0.807. The Hall–Kier alpha value is -3.36. The molecule has 1 fully saturated rings. The lowest BCUT2D eigenvalue weighted by atomic mass is 9.97. The molecule has 4 heterocycles. The molecule has 1 aromatic carbocycles. The fourth-order valence-electron chi connectivity index (χ4n) is 5.04. The van der Waals surface area contributed by atoms with E-state index in [4.69, 9.17) is 19.3 Å². The van der Waals surface area contributed by atoms with Crippen LogP contribution in [-0.2, 0) is 14.4 Å². The van der Waals surface area contributed by atoms with Gasteiger partial charge in [0, 0.05) is 43.5 Å². The molecule has 0 amide bonds. The molecule has 0 N–H and O–H groups in total. The summed E-state index contributed by atoms with van der Waals surface area (Å²) in [7, 11) is 1.61. The van der Waals surface area contributed by atoms with E-state index in [1.807, 2.05) is 29.6 Å². The third kappa shape index (κ3) is 6.44. The molecule has 220 valence electrons. The summed E-state index contributed by atoms with van der Waals surface area (Å²) in [6.07, 6.45) is -5.33. The number of benzene rings is 1. The van der Waals surface area contributed by atoms with E-state index in [1.54, 1.807) is 12.0 Å². The van der Waals surface area contributed by atoms with Crippen molar-refractivity contribution < 1.29 is 36.7 Å². The van der Waals surface area contributed by atoms with Crippen LogP contribution >= 0.6 is 11.3 Å². The van der Waals surface area contributed by atoms with E-state index in [1.165, 1.54) is 11.3 Å². The van der Waals surface area contributed by atoms with E-state index in [2.05, 4.69) is 10.3 Å². The lowest BCUT2D eigenvalue weighted by Crippen LogP contribution is -2.40. The smallest absolute Gasteiger partial charge is 0.282 e. The second kappa shape index (κ2) is 13.1. The van der Waals surface area contributed by atoms with Gasteiger partial charge in [-0.25, -0.2) is 27.2 Å². The molecule has 0 bridgehead atoms. The number of likely N-dealkylation sites (tertiary alicyclic amines) is 1. The summed E-state index contributed by atoms with van der Waals surface area (Å²) >= 11 is 1.51. The van der Waals surface area contributed by atoms with Crippen LogP contribution in [0.5, 0.6) is 5.75 Å². The van der Waals surface area contributed by atoms with Crippen LogP contribution in [0.15, 0.2) is 40.9 Å². The number of thiazole rings is 1. The standard InChI is InChI=1S/C27H29F4N5O4S/c1-38-10-11-39-22-5-3-2-4-17(22)23-13-18(34-40-23)20-15-41-27(32-20)16-6-8-35(9-7-16)24(14-37)36-21(26(30)31)12-19(33-36)25(28)29/h2-5,12,14-16,23-26H,6-11,13H2,1H3. The molecule has 41 heavy (non-hydrogen) atoms. The van der Waals surface area contributed by atoms with Crippen LogP contribution in [0.4, 0.5) is 17.6 Å². The molecule has 1 saturated heterocycles. The lowest BCUT2D eigenvalue weighted by molar-refractivity contribution is -0.116. The van der Waals surface area contributed by atoms with E-state index >= 15 is 0 Å². The maximum absolute atomic E-state index is 13.5. The average Bonchev–Trinajstić information content (AvgIpc) is 3.74. The van der Waals surface area contributed by atoms with Gasteiger partial charge in [-0.1, -0.05) is 23.4 Å². The molecular weight excluding hydrogens is 566 g/mol. The van der Waals surface area contributed by atoms with Gasteiger partial charge in [0.25, 0.3) is 12.9 Å². The first-order chi connectivity index (χ1) is 19.9. The molecule has 0 saturated carbocycles. The fourth-order valence-corrected chi connectivity index (χ4v) is 6.04. The highest BCUT2D eigenvalue weighted by atomic mass is 32.1. The molecule has 2 unspecified atom stereocenters. The lowest BCUT2D eigenvalue weighted by Gasteiger charge is -2.35. The zero-order chi connectivity index (χ0) is 28.9. The Morgan fingerprint density at radius 1 is 1.15 bits per heavy atom. The summed E-state index contributed by atoms with van der Waals surface area (Å²) in [5.41, 5.74) is 0.876. The Kier molecular flexibility index (Phi) is 9.30. The van der Waals surface area contributed by atoms with Crippen molar-refractivity contribution >= 4 is 23.3 Å². The van der Waals surface area contributed by atoms with E-state index in [0.717, 1.165) is 26.7 Å². The number of oxime groups is 1. The third-order valence-corrected chi connectivity index (χ3v) is 8.16. The number of hydrogen-bond acceptors (Lipinski definition) is 9. The minimum absolute atomic E-state index is 0.0924. The number of carbonyl (C=O) groups excluding carboxylic acids is 1. The molecule has 3 aromatic rings. The molecule has 14 heteroatoms. The van der Waals surface area contributed by atoms with E-state index in [-0.39, 0.29) is 12.0 Å². The van der Waals surface area contributed by atoms with Gasteiger partial charge in [-0.3, -0.25) is 9.69 Å². The first-order valence-corrected chi connectivity index (χ1v) is 14.0. The van der Waals surface area contributed by atoms with Crippen molar-refractivity contribution in [2.45, 2.75) is 50.3 Å². The topological polar surface area (TPSA) is 91.1 Å². The van der Waals surface area contributed by atoms with Gasteiger partial charge in [-0.15, -0.1) is 11.3 Å². The molecule has 0 aliphatic carbocycles. The Bertz CT molecular complexity index is 1360. The van der Waals surface area contributed by atoms with Crippen molar-refractivity contribution in [3.8, 4) is 5.75 Å². The zero-order valence-corrected chi connectivity index (χ0v) is 23.0. The van der Waals surface area contributed by atoms with Gasteiger partial charge < -0.3 is 14.3 Å². The highest BCUT2D eigenvalue weighted by Crippen LogP contribution is 2.37. The van der Waals surface area contributed by atoms with Crippen LogP contribution in [0, 0.1) is 0 Å². The molecule has 2 aliphatic rings. The molecule has 2 atom stereocenters. The largest absolute Gasteiger partial charge is 0.491 e. The monoisotopic (exact) mass is 595 g/mol. The van der Waals surface area contributed by atoms with E-state index < -0.39 is 30.4 Å². The van der Waals surface area contributed by atoms with Gasteiger partial charge in [0.05, 0.1) is 17.3 Å². The summed E-state index contributed by atoms with van der Waals surface area (Å²) in [4.78, 5) is 24.1. The number of piperidine rings is 1. The molecule has 2 aromatic heterocycles. The molecule has 2 aliphatic heterocycles. The van der Waals surface area contributed by atoms with Crippen LogP contribution in [0.1, 0.15) is 78.0 Å². The van der Waals surface area contributed by atoms with Crippen molar-refractivity contribution in [2.24, 2.45) is 5.16 Å². The minimum Gasteiger partial charge on any atom is -0.491 e. The van der Waals surface area contributed by atoms with Gasteiger partial charge in [0.15, 0.2) is 18.6 Å². The van der Waals surface area contributed by atoms with Gasteiger partial charge in [-0.2, -0.15) is 5.10 Å². The SMILES string of the molecule is COCCOc1ccccc1C1CC(c2csc(C3CCN(C(C=O)n4nc(C(F)F)cc4C(F)F)CC3)n2)=NO1. The Labute approximate surface area is 237 Å². The van der Waals surface area contributed by atoms with Crippen molar-refractivity contribution in [3.05, 3.63) is 63.4 Å². The summed E-state index contributed by atoms with van der Waals surface area (Å²) in [6.45, 7) is 1.67.